The molecule has 0 unspecified atom stereocenters. The fourth-order valence-electron chi connectivity index (χ4n) is 3.21. The number of furan rings is 1. The van der Waals surface area contributed by atoms with Gasteiger partial charge in [0.15, 0.2) is 5.11 Å². The van der Waals surface area contributed by atoms with Crippen LogP contribution >= 0.6 is 12.2 Å². The third-order valence-corrected chi connectivity index (χ3v) is 5.07. The number of halogens is 3. The number of benzene rings is 2. The largest absolute Gasteiger partial charge is 0.457 e. The predicted octanol–water partition coefficient (Wildman–Crippen LogP) is 4.70. The Morgan fingerprint density at radius 2 is 1.79 bits per heavy atom. The van der Waals surface area contributed by atoms with Crippen LogP contribution < -0.4 is 10.2 Å². The fourth-order valence-corrected chi connectivity index (χ4v) is 3.49. The molecule has 1 aromatic heterocycles. The van der Waals surface area contributed by atoms with Crippen molar-refractivity contribution in [1.82, 2.24) is 5.32 Å². The number of carbonyl (C=O) groups excluding carboxylic acids is 2. The molecule has 0 saturated carbocycles. The van der Waals surface area contributed by atoms with Gasteiger partial charge in [0.05, 0.1) is 16.2 Å². The van der Waals surface area contributed by atoms with Gasteiger partial charge in [-0.2, -0.15) is 13.2 Å². The second-order valence-corrected chi connectivity index (χ2v) is 7.40. The van der Waals surface area contributed by atoms with Gasteiger partial charge in [-0.3, -0.25) is 29.9 Å². The Morgan fingerprint density at radius 1 is 1.06 bits per heavy atom. The average molecular weight is 487 g/mol. The maximum atomic E-state index is 13.1. The normalized spacial score (nSPS) is 15.6. The zero-order chi connectivity index (χ0) is 24.6. The first-order valence-corrected chi connectivity index (χ1v) is 9.89. The lowest BCUT2D eigenvalue weighted by Gasteiger charge is -2.29. The highest BCUT2D eigenvalue weighted by Gasteiger charge is 2.36. The molecule has 3 aromatic rings. The lowest BCUT2D eigenvalue weighted by molar-refractivity contribution is -0.384. The molecular formula is C22H12F3N3O5S. The minimum absolute atomic E-state index is 0.0665. The number of hydrogen-bond acceptors (Lipinski definition) is 6. The Morgan fingerprint density at radius 3 is 2.50 bits per heavy atom. The molecule has 1 N–H and O–H groups in total. The number of non-ortho nitro benzene ring substituents is 1. The SMILES string of the molecule is O=C1NC(=S)N(c2cccc(C(F)(F)F)c2)C(=O)/C1=C/c1ccc(-c2cccc([N+](=O)[O-])c2)o1. The van der Waals surface area contributed by atoms with Gasteiger partial charge in [-0.05, 0) is 48.6 Å². The van der Waals surface area contributed by atoms with E-state index in [1.807, 2.05) is 0 Å². The van der Waals surface area contributed by atoms with E-state index >= 15 is 0 Å². The minimum atomic E-state index is -4.64. The first-order chi connectivity index (χ1) is 16.0. The quantitative estimate of drug-likeness (QED) is 0.188. The van der Waals surface area contributed by atoms with Crippen LogP contribution in [-0.2, 0) is 15.8 Å². The number of thiocarbonyl (C=S) groups is 1. The molecule has 1 aliphatic rings. The molecule has 0 radical (unpaired) electrons. The number of amides is 2. The van der Waals surface area contributed by atoms with Crippen LogP contribution in [0.15, 0.2) is 70.7 Å². The van der Waals surface area contributed by atoms with Gasteiger partial charge in [0.1, 0.15) is 17.1 Å². The summed E-state index contributed by atoms with van der Waals surface area (Å²) in [5.74, 6) is -1.49. The van der Waals surface area contributed by atoms with Gasteiger partial charge in [0, 0.05) is 17.7 Å². The number of rotatable bonds is 4. The number of carbonyl (C=O) groups is 2. The molecule has 1 aliphatic heterocycles. The third kappa shape index (κ3) is 4.43. The van der Waals surface area contributed by atoms with Gasteiger partial charge >= 0.3 is 6.18 Å². The maximum absolute atomic E-state index is 13.1. The van der Waals surface area contributed by atoms with E-state index in [0.717, 1.165) is 29.2 Å². The molecule has 1 saturated heterocycles. The van der Waals surface area contributed by atoms with Crippen LogP contribution in [0.25, 0.3) is 17.4 Å². The Labute approximate surface area is 194 Å². The molecule has 172 valence electrons. The van der Waals surface area contributed by atoms with Crippen LogP contribution in [0.1, 0.15) is 11.3 Å². The molecule has 8 nitrogen and oxygen atoms in total. The Balaban J connectivity index is 1.67. The summed E-state index contributed by atoms with van der Waals surface area (Å²) in [7, 11) is 0. The zero-order valence-electron chi connectivity index (χ0n) is 16.8. The molecule has 0 atom stereocenters. The Hall–Kier alpha value is -4.32. The highest BCUT2D eigenvalue weighted by atomic mass is 32.1. The van der Waals surface area contributed by atoms with E-state index in [2.05, 4.69) is 5.32 Å². The summed E-state index contributed by atoms with van der Waals surface area (Å²) >= 11 is 5.00. The lowest BCUT2D eigenvalue weighted by Crippen LogP contribution is -2.54. The van der Waals surface area contributed by atoms with Crippen LogP contribution in [0.5, 0.6) is 0 Å². The molecule has 2 aromatic carbocycles. The maximum Gasteiger partial charge on any atom is 0.416 e. The van der Waals surface area contributed by atoms with E-state index in [9.17, 15) is 32.9 Å². The second-order valence-electron chi connectivity index (χ2n) is 7.02. The first-order valence-electron chi connectivity index (χ1n) is 9.48. The van der Waals surface area contributed by atoms with E-state index in [1.165, 1.54) is 36.4 Å². The molecule has 34 heavy (non-hydrogen) atoms. The topological polar surface area (TPSA) is 106 Å². The monoisotopic (exact) mass is 487 g/mol. The van der Waals surface area contributed by atoms with Crippen molar-refractivity contribution in [2.75, 3.05) is 4.90 Å². The number of nitro groups is 1. The molecule has 12 heteroatoms. The van der Waals surface area contributed by atoms with Gasteiger partial charge in [0.25, 0.3) is 17.5 Å². The molecule has 0 aliphatic carbocycles. The molecule has 4 rings (SSSR count). The number of anilines is 1. The molecule has 2 amide bonds. The average Bonchev–Trinajstić information content (AvgIpc) is 3.25. The van der Waals surface area contributed by atoms with Crippen molar-refractivity contribution >= 4 is 46.6 Å². The summed E-state index contributed by atoms with van der Waals surface area (Å²) < 4.78 is 44.9. The summed E-state index contributed by atoms with van der Waals surface area (Å²) in [6.45, 7) is 0. The van der Waals surface area contributed by atoms with E-state index in [0.29, 0.717) is 5.56 Å². The van der Waals surface area contributed by atoms with Crippen molar-refractivity contribution in [2.24, 2.45) is 0 Å². The van der Waals surface area contributed by atoms with Crippen LogP contribution in [0.3, 0.4) is 0 Å². The van der Waals surface area contributed by atoms with Gasteiger partial charge in [-0.25, -0.2) is 0 Å². The van der Waals surface area contributed by atoms with E-state index in [4.69, 9.17) is 16.6 Å². The highest BCUT2D eigenvalue weighted by molar-refractivity contribution is 7.80. The van der Waals surface area contributed by atoms with Gasteiger partial charge in [0.2, 0.25) is 0 Å². The molecule has 0 bridgehead atoms. The van der Waals surface area contributed by atoms with Crippen molar-refractivity contribution in [3.8, 4) is 11.3 Å². The summed E-state index contributed by atoms with van der Waals surface area (Å²) in [6.07, 6.45) is -3.53. The van der Waals surface area contributed by atoms with Crippen LogP contribution in [0.4, 0.5) is 24.5 Å². The summed E-state index contributed by atoms with van der Waals surface area (Å²) in [4.78, 5) is 36.6. The van der Waals surface area contributed by atoms with Gasteiger partial charge < -0.3 is 4.42 Å². The van der Waals surface area contributed by atoms with E-state index in [-0.39, 0.29) is 28.0 Å². The minimum Gasteiger partial charge on any atom is -0.457 e. The highest BCUT2D eigenvalue weighted by Crippen LogP contribution is 2.33. The first kappa shape index (κ1) is 22.9. The van der Waals surface area contributed by atoms with Crippen molar-refractivity contribution in [3.63, 3.8) is 0 Å². The Kier molecular flexibility index (Phi) is 5.75. The summed E-state index contributed by atoms with van der Waals surface area (Å²) in [5.41, 5.74) is -1.35. The van der Waals surface area contributed by atoms with E-state index in [1.54, 1.807) is 6.07 Å². The summed E-state index contributed by atoms with van der Waals surface area (Å²) in [6, 6.07) is 12.5. The summed E-state index contributed by atoms with van der Waals surface area (Å²) in [5, 5.41) is 12.9. The van der Waals surface area contributed by atoms with E-state index < -0.39 is 34.1 Å². The zero-order valence-corrected chi connectivity index (χ0v) is 17.6. The van der Waals surface area contributed by atoms with Crippen molar-refractivity contribution in [2.45, 2.75) is 6.18 Å². The van der Waals surface area contributed by atoms with Crippen LogP contribution in [0, 0.1) is 10.1 Å². The molecular weight excluding hydrogens is 475 g/mol. The standard InChI is InChI=1S/C22H12F3N3O5S/c23-22(24,25)13-4-2-5-14(10-13)27-20(30)17(19(29)26-21(27)34)11-16-7-8-18(33-16)12-3-1-6-15(9-12)28(31)32/h1-11H,(H,26,29,34)/b17-11+. The smallest absolute Gasteiger partial charge is 0.416 e. The third-order valence-electron chi connectivity index (χ3n) is 4.79. The van der Waals surface area contributed by atoms with Gasteiger partial charge in [-0.1, -0.05) is 18.2 Å². The second kappa shape index (κ2) is 8.56. The van der Waals surface area contributed by atoms with Crippen molar-refractivity contribution in [1.29, 1.82) is 0 Å². The van der Waals surface area contributed by atoms with Crippen molar-refractivity contribution in [3.05, 3.63) is 87.7 Å². The number of alkyl halides is 3. The Bertz CT molecular complexity index is 1380. The number of hydrogen-bond donors (Lipinski definition) is 1. The number of nitro benzene ring substituents is 1. The molecule has 0 spiro atoms. The lowest BCUT2D eigenvalue weighted by atomic mass is 10.1. The van der Waals surface area contributed by atoms with Crippen molar-refractivity contribution < 1.29 is 32.1 Å². The van der Waals surface area contributed by atoms with Crippen LogP contribution in [-0.4, -0.2) is 21.9 Å². The van der Waals surface area contributed by atoms with Gasteiger partial charge in [-0.15, -0.1) is 0 Å². The molecule has 2 heterocycles. The van der Waals surface area contributed by atoms with Crippen LogP contribution in [0.2, 0.25) is 0 Å². The fraction of sp³-hybridized carbons (Fsp3) is 0.0455. The predicted molar refractivity (Wildman–Crippen MR) is 118 cm³/mol. The number of nitrogens with zero attached hydrogens (tertiary/aromatic N) is 2. The molecule has 1 fully saturated rings. The number of nitrogens with one attached hydrogen (secondary N) is 1.